The van der Waals surface area contributed by atoms with E-state index in [-0.39, 0.29) is 0 Å². The first-order valence-corrected chi connectivity index (χ1v) is 6.25. The zero-order valence-corrected chi connectivity index (χ0v) is 10.9. The highest BCUT2D eigenvalue weighted by Crippen LogP contribution is 2.09. The molecule has 0 saturated heterocycles. The molecule has 0 bridgehead atoms. The van der Waals surface area contributed by atoms with E-state index in [0.29, 0.717) is 18.4 Å². The van der Waals surface area contributed by atoms with Crippen molar-refractivity contribution in [2.75, 3.05) is 5.32 Å². The molecule has 0 aromatic carbocycles. The molecule has 3 aromatic rings. The van der Waals surface area contributed by atoms with Gasteiger partial charge in [-0.05, 0) is 18.6 Å². The molecule has 3 aromatic heterocycles. The highest BCUT2D eigenvalue weighted by Gasteiger charge is 2.06. The Labute approximate surface area is 110 Å². The average Bonchev–Trinajstić information content (AvgIpc) is 3.01. The maximum absolute atomic E-state index is 5.51. The fraction of sp³-hybridized carbons (Fsp3) is 0.308. The van der Waals surface area contributed by atoms with Gasteiger partial charge in [0.2, 0.25) is 11.8 Å². The summed E-state index contributed by atoms with van der Waals surface area (Å²) in [5, 5.41) is 7.45. The van der Waals surface area contributed by atoms with E-state index in [4.69, 9.17) is 4.42 Å². The van der Waals surface area contributed by atoms with E-state index >= 15 is 0 Å². The highest BCUT2D eigenvalue weighted by atomic mass is 16.4. The molecule has 0 atom stereocenters. The minimum absolute atomic E-state index is 0.482. The summed E-state index contributed by atoms with van der Waals surface area (Å²) in [6.45, 7) is 4.53. The molecule has 19 heavy (non-hydrogen) atoms. The Hall–Kier alpha value is -2.37. The van der Waals surface area contributed by atoms with Gasteiger partial charge >= 0.3 is 0 Å². The summed E-state index contributed by atoms with van der Waals surface area (Å²) in [5.74, 6) is 2.10. The van der Waals surface area contributed by atoms with Gasteiger partial charge in [-0.2, -0.15) is 4.98 Å². The Kier molecular flexibility index (Phi) is 2.91. The number of nitrogens with one attached hydrogen (secondary N) is 1. The van der Waals surface area contributed by atoms with Crippen LogP contribution in [0.5, 0.6) is 0 Å². The molecule has 0 fully saturated rings. The Bertz CT molecular complexity index is 700. The Morgan fingerprint density at radius 2 is 2.26 bits per heavy atom. The third kappa shape index (κ3) is 2.42. The normalized spacial score (nSPS) is 11.1. The van der Waals surface area contributed by atoms with Gasteiger partial charge in [0.05, 0.1) is 12.7 Å². The van der Waals surface area contributed by atoms with Gasteiger partial charge < -0.3 is 9.73 Å². The molecule has 0 spiro atoms. The molecule has 0 amide bonds. The monoisotopic (exact) mass is 257 g/mol. The number of nitrogens with zero attached hydrogens (tertiary/aromatic N) is 4. The molecule has 0 radical (unpaired) electrons. The molecule has 6 heteroatoms. The number of hydrogen-bond donors (Lipinski definition) is 1. The zero-order valence-electron chi connectivity index (χ0n) is 10.9. The number of aromatic nitrogens is 4. The van der Waals surface area contributed by atoms with E-state index in [2.05, 4.69) is 20.4 Å². The molecule has 0 saturated carbocycles. The average molecular weight is 257 g/mol. The van der Waals surface area contributed by atoms with Crippen LogP contribution >= 0.6 is 0 Å². The first kappa shape index (κ1) is 11.7. The van der Waals surface area contributed by atoms with E-state index < -0.39 is 0 Å². The van der Waals surface area contributed by atoms with E-state index in [1.54, 1.807) is 10.7 Å². The van der Waals surface area contributed by atoms with Crippen molar-refractivity contribution in [1.29, 1.82) is 0 Å². The van der Waals surface area contributed by atoms with E-state index in [1.165, 1.54) is 0 Å². The minimum atomic E-state index is 0.482. The van der Waals surface area contributed by atoms with Crippen LogP contribution in [0.4, 0.5) is 5.95 Å². The van der Waals surface area contributed by atoms with Crippen molar-refractivity contribution in [1.82, 2.24) is 19.6 Å². The maximum Gasteiger partial charge on any atom is 0.243 e. The SMILES string of the molecule is CCc1cnc(CNc2nc3ccc(C)cn3n2)o1. The number of oxazole rings is 1. The van der Waals surface area contributed by atoms with Crippen LogP contribution < -0.4 is 5.32 Å². The molecule has 0 aliphatic rings. The van der Waals surface area contributed by atoms with Crippen molar-refractivity contribution in [3.63, 3.8) is 0 Å². The molecule has 3 rings (SSSR count). The summed E-state index contributed by atoms with van der Waals surface area (Å²) in [4.78, 5) is 8.55. The Morgan fingerprint density at radius 1 is 1.37 bits per heavy atom. The van der Waals surface area contributed by atoms with Gasteiger partial charge in [-0.3, -0.25) is 0 Å². The lowest BCUT2D eigenvalue weighted by Crippen LogP contribution is -2.01. The summed E-state index contributed by atoms with van der Waals surface area (Å²) in [7, 11) is 0. The summed E-state index contributed by atoms with van der Waals surface area (Å²) >= 11 is 0. The fourth-order valence-electron chi connectivity index (χ4n) is 1.81. The number of anilines is 1. The second-order valence-corrected chi connectivity index (χ2v) is 4.37. The lowest BCUT2D eigenvalue weighted by Gasteiger charge is -1.96. The van der Waals surface area contributed by atoms with Crippen LogP contribution in [-0.2, 0) is 13.0 Å². The van der Waals surface area contributed by atoms with Crippen LogP contribution in [0.2, 0.25) is 0 Å². The Morgan fingerprint density at radius 3 is 3.05 bits per heavy atom. The van der Waals surface area contributed by atoms with Crippen molar-refractivity contribution >= 4 is 11.6 Å². The lowest BCUT2D eigenvalue weighted by atomic mass is 10.3. The molecule has 1 N–H and O–H groups in total. The van der Waals surface area contributed by atoms with Gasteiger partial charge in [-0.1, -0.05) is 13.0 Å². The minimum Gasteiger partial charge on any atom is -0.444 e. The second kappa shape index (κ2) is 4.72. The van der Waals surface area contributed by atoms with Crippen molar-refractivity contribution in [2.24, 2.45) is 0 Å². The number of hydrogen-bond acceptors (Lipinski definition) is 5. The third-order valence-corrected chi connectivity index (χ3v) is 2.83. The van der Waals surface area contributed by atoms with Crippen molar-refractivity contribution in [2.45, 2.75) is 26.8 Å². The highest BCUT2D eigenvalue weighted by molar-refractivity contribution is 5.44. The van der Waals surface area contributed by atoms with Gasteiger partial charge in [-0.25, -0.2) is 9.50 Å². The predicted molar refractivity (Wildman–Crippen MR) is 70.9 cm³/mol. The first-order chi connectivity index (χ1) is 9.24. The maximum atomic E-state index is 5.51. The molecule has 3 heterocycles. The van der Waals surface area contributed by atoms with Gasteiger partial charge in [-0.15, -0.1) is 5.10 Å². The molecule has 98 valence electrons. The van der Waals surface area contributed by atoms with Crippen LogP contribution in [0.15, 0.2) is 28.9 Å². The zero-order chi connectivity index (χ0) is 13.2. The summed E-state index contributed by atoms with van der Waals surface area (Å²) in [6, 6.07) is 3.95. The number of rotatable bonds is 4. The smallest absolute Gasteiger partial charge is 0.243 e. The molecule has 0 aliphatic heterocycles. The molecule has 0 aliphatic carbocycles. The molecule has 6 nitrogen and oxygen atoms in total. The molecule has 0 unspecified atom stereocenters. The predicted octanol–water partition coefficient (Wildman–Crippen LogP) is 2.20. The quantitative estimate of drug-likeness (QED) is 0.776. The van der Waals surface area contributed by atoms with Crippen LogP contribution in [0.1, 0.15) is 24.1 Å². The summed E-state index contributed by atoms with van der Waals surface area (Å²) in [6.07, 6.45) is 4.53. The van der Waals surface area contributed by atoms with Crippen molar-refractivity contribution in [3.8, 4) is 0 Å². The number of fused-ring (bicyclic) bond motifs is 1. The molecular formula is C13H15N5O. The van der Waals surface area contributed by atoms with Gasteiger partial charge in [0.25, 0.3) is 0 Å². The number of aryl methyl sites for hydroxylation is 2. The molecular weight excluding hydrogens is 242 g/mol. The van der Waals surface area contributed by atoms with Gasteiger partial charge in [0.1, 0.15) is 5.76 Å². The van der Waals surface area contributed by atoms with E-state index in [9.17, 15) is 0 Å². The first-order valence-electron chi connectivity index (χ1n) is 6.25. The number of pyridine rings is 1. The topological polar surface area (TPSA) is 68.2 Å². The summed E-state index contributed by atoms with van der Waals surface area (Å²) < 4.78 is 7.27. The standard InChI is InChI=1S/C13H15N5O/c1-3-10-6-14-12(19-10)7-15-13-16-11-5-4-9(2)8-18(11)17-13/h4-6,8H,3,7H2,1-2H3,(H,15,17). The van der Waals surface area contributed by atoms with E-state index in [0.717, 1.165) is 23.4 Å². The van der Waals surface area contributed by atoms with Crippen LogP contribution in [0.25, 0.3) is 5.65 Å². The van der Waals surface area contributed by atoms with Crippen LogP contribution in [0.3, 0.4) is 0 Å². The van der Waals surface area contributed by atoms with Gasteiger partial charge in [0.15, 0.2) is 5.65 Å². The van der Waals surface area contributed by atoms with Crippen molar-refractivity contribution < 1.29 is 4.42 Å². The summed E-state index contributed by atoms with van der Waals surface area (Å²) in [5.41, 5.74) is 1.96. The van der Waals surface area contributed by atoms with Gasteiger partial charge in [0, 0.05) is 12.6 Å². The van der Waals surface area contributed by atoms with Crippen LogP contribution in [-0.4, -0.2) is 19.6 Å². The van der Waals surface area contributed by atoms with Crippen molar-refractivity contribution in [3.05, 3.63) is 41.7 Å². The lowest BCUT2D eigenvalue weighted by molar-refractivity contribution is 0.465. The van der Waals surface area contributed by atoms with Crippen LogP contribution in [0, 0.1) is 6.92 Å². The fourth-order valence-corrected chi connectivity index (χ4v) is 1.81. The Balaban J connectivity index is 1.74. The second-order valence-electron chi connectivity index (χ2n) is 4.37. The third-order valence-electron chi connectivity index (χ3n) is 2.83. The van der Waals surface area contributed by atoms with E-state index in [1.807, 2.05) is 32.2 Å². The largest absolute Gasteiger partial charge is 0.444 e.